The lowest BCUT2D eigenvalue weighted by atomic mass is 10.1. The van der Waals surface area contributed by atoms with Gasteiger partial charge in [0, 0.05) is 22.9 Å². The molecule has 3 rings (SSSR count). The van der Waals surface area contributed by atoms with Crippen LogP contribution in [0.2, 0.25) is 0 Å². The Balaban J connectivity index is 2.10. The van der Waals surface area contributed by atoms with Crippen LogP contribution in [0.15, 0.2) is 28.7 Å². The Morgan fingerprint density at radius 2 is 1.22 bits per heavy atom. The highest BCUT2D eigenvalue weighted by atomic mass is 16.5. The second kappa shape index (κ2) is 6.28. The van der Waals surface area contributed by atoms with Crippen molar-refractivity contribution in [2.45, 2.75) is 26.7 Å². The van der Waals surface area contributed by atoms with E-state index in [0.717, 1.165) is 23.6 Å². The van der Waals surface area contributed by atoms with E-state index in [0.29, 0.717) is 35.9 Å². The third kappa shape index (κ3) is 2.86. The zero-order chi connectivity index (χ0) is 16.4. The maximum absolute atomic E-state index is 10.1. The smallest absolute Gasteiger partial charge is 0.164 e. The van der Waals surface area contributed by atoms with Crippen LogP contribution in [0.1, 0.15) is 26.7 Å². The number of hydrogen-bond donors (Lipinski definition) is 2. The average Bonchev–Trinajstić information content (AvgIpc) is 2.87. The molecule has 5 heteroatoms. The van der Waals surface area contributed by atoms with Crippen LogP contribution in [0.4, 0.5) is 0 Å². The standard InChI is InChI=1S/C18H20O5/c1-3-5-21-17-9-15-11(7-13(17)19)12-8-14(20)18(22-6-4-2)10-16(12)23-15/h7-10,19-20H,3-6H2,1-2H3. The summed E-state index contributed by atoms with van der Waals surface area (Å²) in [6.45, 7) is 5.04. The maximum Gasteiger partial charge on any atom is 0.164 e. The van der Waals surface area contributed by atoms with Crippen molar-refractivity contribution in [2.24, 2.45) is 0 Å². The normalized spacial score (nSPS) is 11.2. The van der Waals surface area contributed by atoms with Gasteiger partial charge in [0.15, 0.2) is 23.0 Å². The first-order valence-corrected chi connectivity index (χ1v) is 7.81. The van der Waals surface area contributed by atoms with E-state index >= 15 is 0 Å². The first kappa shape index (κ1) is 15.3. The van der Waals surface area contributed by atoms with E-state index in [-0.39, 0.29) is 11.5 Å². The van der Waals surface area contributed by atoms with Crippen molar-refractivity contribution >= 4 is 21.9 Å². The molecule has 122 valence electrons. The Morgan fingerprint density at radius 1 is 0.783 bits per heavy atom. The summed E-state index contributed by atoms with van der Waals surface area (Å²) < 4.78 is 16.8. The number of aromatic hydroxyl groups is 2. The van der Waals surface area contributed by atoms with Crippen LogP contribution in [0.5, 0.6) is 23.0 Å². The second-order valence-electron chi connectivity index (χ2n) is 5.43. The highest BCUT2D eigenvalue weighted by Gasteiger charge is 2.15. The molecule has 3 aromatic rings. The van der Waals surface area contributed by atoms with Crippen LogP contribution in [0.3, 0.4) is 0 Å². The summed E-state index contributed by atoms with van der Waals surface area (Å²) in [7, 11) is 0. The van der Waals surface area contributed by atoms with E-state index in [4.69, 9.17) is 13.9 Å². The minimum absolute atomic E-state index is 0.0550. The summed E-state index contributed by atoms with van der Waals surface area (Å²) in [5, 5.41) is 21.6. The van der Waals surface area contributed by atoms with Gasteiger partial charge in [-0.2, -0.15) is 0 Å². The van der Waals surface area contributed by atoms with Gasteiger partial charge in [0.1, 0.15) is 11.2 Å². The predicted octanol–water partition coefficient (Wildman–Crippen LogP) is 4.57. The lowest BCUT2D eigenvalue weighted by Crippen LogP contribution is -1.95. The van der Waals surface area contributed by atoms with Crippen LogP contribution in [0.25, 0.3) is 21.9 Å². The van der Waals surface area contributed by atoms with Crippen molar-refractivity contribution in [3.05, 3.63) is 24.3 Å². The average molecular weight is 316 g/mol. The molecule has 23 heavy (non-hydrogen) atoms. The first-order chi connectivity index (χ1) is 11.1. The fourth-order valence-electron chi connectivity index (χ4n) is 2.46. The number of rotatable bonds is 6. The second-order valence-corrected chi connectivity index (χ2v) is 5.43. The number of phenolic OH excluding ortho intramolecular Hbond substituents is 2. The van der Waals surface area contributed by atoms with Gasteiger partial charge in [-0.15, -0.1) is 0 Å². The molecule has 0 fully saturated rings. The quantitative estimate of drug-likeness (QED) is 0.696. The highest BCUT2D eigenvalue weighted by Crippen LogP contribution is 2.41. The van der Waals surface area contributed by atoms with Crippen molar-refractivity contribution in [3.63, 3.8) is 0 Å². The Morgan fingerprint density at radius 3 is 1.61 bits per heavy atom. The van der Waals surface area contributed by atoms with Crippen LogP contribution in [0, 0.1) is 0 Å². The first-order valence-electron chi connectivity index (χ1n) is 7.81. The molecule has 0 amide bonds. The molecule has 0 aliphatic heterocycles. The molecule has 0 saturated heterocycles. The lowest BCUT2D eigenvalue weighted by Gasteiger charge is -2.06. The third-order valence-electron chi connectivity index (χ3n) is 3.56. The fourth-order valence-corrected chi connectivity index (χ4v) is 2.46. The molecule has 5 nitrogen and oxygen atoms in total. The lowest BCUT2D eigenvalue weighted by molar-refractivity contribution is 0.299. The largest absolute Gasteiger partial charge is 0.504 e. The van der Waals surface area contributed by atoms with Crippen LogP contribution in [-0.4, -0.2) is 23.4 Å². The molecule has 0 spiro atoms. The summed E-state index contributed by atoms with van der Waals surface area (Å²) in [6.07, 6.45) is 1.70. The van der Waals surface area contributed by atoms with E-state index in [1.807, 2.05) is 13.8 Å². The van der Waals surface area contributed by atoms with Gasteiger partial charge in [-0.3, -0.25) is 0 Å². The summed E-state index contributed by atoms with van der Waals surface area (Å²) in [4.78, 5) is 0. The Kier molecular flexibility index (Phi) is 4.19. The molecule has 2 aromatic carbocycles. The molecular formula is C18H20O5. The minimum Gasteiger partial charge on any atom is -0.504 e. The fraction of sp³-hybridized carbons (Fsp3) is 0.333. The molecule has 1 aromatic heterocycles. The van der Waals surface area contributed by atoms with E-state index in [1.165, 1.54) is 0 Å². The zero-order valence-corrected chi connectivity index (χ0v) is 13.3. The molecule has 0 saturated carbocycles. The highest BCUT2D eigenvalue weighted by molar-refractivity contribution is 6.07. The number of ether oxygens (including phenoxy) is 2. The molecule has 1 heterocycles. The molecule has 0 aliphatic carbocycles. The van der Waals surface area contributed by atoms with Crippen LogP contribution < -0.4 is 9.47 Å². The monoisotopic (exact) mass is 316 g/mol. The Hall–Kier alpha value is -2.56. The van der Waals surface area contributed by atoms with Crippen LogP contribution in [-0.2, 0) is 0 Å². The van der Waals surface area contributed by atoms with Gasteiger partial charge in [-0.25, -0.2) is 0 Å². The number of furan rings is 1. The zero-order valence-electron chi connectivity index (χ0n) is 13.3. The van der Waals surface area contributed by atoms with Gasteiger partial charge in [0.2, 0.25) is 0 Å². The Bertz CT molecular complexity index is 766. The van der Waals surface area contributed by atoms with Crippen molar-refractivity contribution in [3.8, 4) is 23.0 Å². The third-order valence-corrected chi connectivity index (χ3v) is 3.56. The minimum atomic E-state index is 0.0550. The molecular weight excluding hydrogens is 296 g/mol. The van der Waals surface area contributed by atoms with Gasteiger partial charge in [0.25, 0.3) is 0 Å². The van der Waals surface area contributed by atoms with Crippen molar-refractivity contribution in [1.82, 2.24) is 0 Å². The van der Waals surface area contributed by atoms with Crippen molar-refractivity contribution in [1.29, 1.82) is 0 Å². The molecule has 0 aliphatic rings. The van der Waals surface area contributed by atoms with Crippen molar-refractivity contribution in [2.75, 3.05) is 13.2 Å². The topological polar surface area (TPSA) is 72.1 Å². The van der Waals surface area contributed by atoms with Crippen molar-refractivity contribution < 1.29 is 24.1 Å². The SMILES string of the molecule is CCCOc1cc2oc3cc(OCCC)c(O)cc3c2cc1O. The van der Waals surface area contributed by atoms with Crippen LogP contribution >= 0.6 is 0 Å². The van der Waals surface area contributed by atoms with E-state index in [2.05, 4.69) is 0 Å². The number of hydrogen-bond acceptors (Lipinski definition) is 5. The van der Waals surface area contributed by atoms with Gasteiger partial charge in [-0.05, 0) is 25.0 Å². The van der Waals surface area contributed by atoms with Gasteiger partial charge in [0.05, 0.1) is 13.2 Å². The predicted molar refractivity (Wildman–Crippen MR) is 88.6 cm³/mol. The molecule has 0 radical (unpaired) electrons. The van der Waals surface area contributed by atoms with Gasteiger partial charge < -0.3 is 24.1 Å². The number of fused-ring (bicyclic) bond motifs is 3. The summed E-state index contributed by atoms with van der Waals surface area (Å²) in [5.41, 5.74) is 1.19. The summed E-state index contributed by atoms with van der Waals surface area (Å²) in [6, 6.07) is 6.53. The summed E-state index contributed by atoms with van der Waals surface area (Å²) in [5.74, 6) is 0.897. The summed E-state index contributed by atoms with van der Waals surface area (Å²) >= 11 is 0. The Labute approximate surface area is 134 Å². The van der Waals surface area contributed by atoms with E-state index in [1.54, 1.807) is 24.3 Å². The van der Waals surface area contributed by atoms with E-state index < -0.39 is 0 Å². The number of benzene rings is 2. The maximum atomic E-state index is 10.1. The van der Waals surface area contributed by atoms with E-state index in [9.17, 15) is 10.2 Å². The van der Waals surface area contributed by atoms with Gasteiger partial charge >= 0.3 is 0 Å². The number of phenols is 2. The van der Waals surface area contributed by atoms with Gasteiger partial charge in [-0.1, -0.05) is 13.8 Å². The molecule has 2 N–H and O–H groups in total. The molecule has 0 unspecified atom stereocenters. The molecule has 0 bridgehead atoms. The molecule has 0 atom stereocenters.